The third-order valence-electron chi connectivity index (χ3n) is 5.06. The van der Waals surface area contributed by atoms with Crippen LogP contribution in [0.4, 0.5) is 5.69 Å². The van der Waals surface area contributed by atoms with E-state index in [4.69, 9.17) is 15.9 Å². The van der Waals surface area contributed by atoms with Crippen LogP contribution in [0.2, 0.25) is 0 Å². The molecule has 0 radical (unpaired) electrons. The van der Waals surface area contributed by atoms with Gasteiger partial charge in [-0.3, -0.25) is 5.41 Å². The quantitative estimate of drug-likeness (QED) is 0.267. The first-order valence-electron chi connectivity index (χ1n) is 10.3. The number of aliphatic hydroxyl groups excluding tert-OH is 1. The van der Waals surface area contributed by atoms with Crippen LogP contribution in [0.3, 0.4) is 0 Å². The molecule has 174 valence electrons. The highest BCUT2D eigenvalue weighted by molar-refractivity contribution is 5.95. The molecule has 3 rings (SSSR count). The van der Waals surface area contributed by atoms with Gasteiger partial charge in [0.2, 0.25) is 0 Å². The number of aryl methyl sites for hydroxylation is 1. The number of hydrogen-bond donors (Lipinski definition) is 4. The molecule has 0 bridgehead atoms. The molecule has 1 atom stereocenters. The predicted octanol–water partition coefficient (Wildman–Crippen LogP) is 2.90. The number of nitrogens with two attached hydrogens (primary N) is 1. The van der Waals surface area contributed by atoms with Crippen LogP contribution in [0.1, 0.15) is 29.7 Å². The summed E-state index contributed by atoms with van der Waals surface area (Å²) in [6, 6.07) is 18.7. The monoisotopic (exact) mass is 468 g/mol. The highest BCUT2D eigenvalue weighted by Gasteiger charge is 2.22. The first-order chi connectivity index (χ1) is 15.4. The van der Waals surface area contributed by atoms with E-state index in [2.05, 4.69) is 5.32 Å². The number of carboxylic acids is 1. The normalized spacial score (nSPS) is 11.2. The molecule has 3 aromatic rings. The second kappa shape index (κ2) is 11.9. The van der Waals surface area contributed by atoms with Crippen LogP contribution in [-0.2, 0) is 11.2 Å². The van der Waals surface area contributed by atoms with Gasteiger partial charge in [-0.2, -0.15) is 0 Å². The molecule has 0 spiro atoms. The number of anilines is 1. The summed E-state index contributed by atoms with van der Waals surface area (Å²) in [5, 5.41) is 32.1. The number of halogens is 1. The molecule has 0 heterocycles. The summed E-state index contributed by atoms with van der Waals surface area (Å²) in [6.45, 7) is 1.80. The second-order valence-electron chi connectivity index (χ2n) is 7.24. The second-order valence-corrected chi connectivity index (χ2v) is 7.24. The van der Waals surface area contributed by atoms with Gasteiger partial charge in [-0.15, -0.1) is 12.4 Å². The molecule has 0 fully saturated rings. The van der Waals surface area contributed by atoms with E-state index in [1.54, 1.807) is 30.3 Å². The minimum atomic E-state index is -1.32. The van der Waals surface area contributed by atoms with E-state index in [0.717, 1.165) is 16.7 Å². The average molecular weight is 469 g/mol. The Morgan fingerprint density at radius 1 is 1.15 bits per heavy atom. The van der Waals surface area contributed by atoms with E-state index in [-0.39, 0.29) is 31.5 Å². The molecule has 0 aromatic heterocycles. The Morgan fingerprint density at radius 3 is 2.36 bits per heavy atom. The van der Waals surface area contributed by atoms with Crippen LogP contribution < -0.4 is 20.9 Å². The van der Waals surface area contributed by atoms with Crippen molar-refractivity contribution in [3.05, 3.63) is 83.4 Å². The molecule has 7 nitrogen and oxygen atoms in total. The Morgan fingerprint density at radius 2 is 1.82 bits per heavy atom. The Labute approximate surface area is 199 Å². The number of benzene rings is 3. The summed E-state index contributed by atoms with van der Waals surface area (Å²) in [6.07, 6.45) is 0.695. The van der Waals surface area contributed by atoms with E-state index in [1.807, 2.05) is 43.3 Å². The van der Waals surface area contributed by atoms with E-state index >= 15 is 0 Å². The Kier molecular flexibility index (Phi) is 9.27. The van der Waals surface area contributed by atoms with Crippen LogP contribution in [0.5, 0.6) is 5.75 Å². The minimum absolute atomic E-state index is 0. The smallest absolute Gasteiger partial charge is 0.132 e. The van der Waals surface area contributed by atoms with E-state index < -0.39 is 12.0 Å². The highest BCUT2D eigenvalue weighted by atomic mass is 35.5. The molecule has 5 N–H and O–H groups in total. The van der Waals surface area contributed by atoms with Gasteiger partial charge in [-0.25, -0.2) is 0 Å². The van der Waals surface area contributed by atoms with Crippen molar-refractivity contribution in [3.8, 4) is 16.9 Å². The molecule has 8 heteroatoms. The lowest BCUT2D eigenvalue weighted by Crippen LogP contribution is -2.34. The number of carboxylic acid groups (broad SMARTS) is 1. The molecule has 0 saturated heterocycles. The van der Waals surface area contributed by atoms with Crippen LogP contribution in [0.25, 0.3) is 11.1 Å². The molecular formula is C25H27ClN3O4-. The lowest BCUT2D eigenvalue weighted by atomic mass is 9.93. The zero-order chi connectivity index (χ0) is 23.1. The number of ether oxygens (including phenoxy) is 1. The van der Waals surface area contributed by atoms with E-state index in [1.165, 1.54) is 0 Å². The van der Waals surface area contributed by atoms with Gasteiger partial charge in [-0.1, -0.05) is 37.3 Å². The Balaban J connectivity index is 0.00000385. The number of hydrogen-bond acceptors (Lipinski definition) is 6. The number of nitrogen functional groups attached to an aromatic ring is 1. The van der Waals surface area contributed by atoms with Gasteiger partial charge in [0, 0.05) is 22.4 Å². The van der Waals surface area contributed by atoms with Crippen molar-refractivity contribution in [2.45, 2.75) is 19.4 Å². The third kappa shape index (κ3) is 6.25. The van der Waals surface area contributed by atoms with Crippen molar-refractivity contribution in [1.29, 1.82) is 5.41 Å². The summed E-state index contributed by atoms with van der Waals surface area (Å²) < 4.78 is 5.87. The summed E-state index contributed by atoms with van der Waals surface area (Å²) in [7, 11) is 0. The lowest BCUT2D eigenvalue weighted by Gasteiger charge is -2.26. The third-order valence-corrected chi connectivity index (χ3v) is 5.06. The number of carbonyl (C=O) groups is 1. The fourth-order valence-electron chi connectivity index (χ4n) is 3.45. The zero-order valence-corrected chi connectivity index (χ0v) is 19.0. The number of aliphatic hydroxyl groups is 1. The van der Waals surface area contributed by atoms with E-state index in [0.29, 0.717) is 29.0 Å². The van der Waals surface area contributed by atoms with Gasteiger partial charge >= 0.3 is 0 Å². The summed E-state index contributed by atoms with van der Waals surface area (Å²) >= 11 is 0. The maximum absolute atomic E-state index is 12.2. The van der Waals surface area contributed by atoms with Crippen molar-refractivity contribution in [3.63, 3.8) is 0 Å². The summed E-state index contributed by atoms with van der Waals surface area (Å²) in [5.74, 6) is -1.01. The van der Waals surface area contributed by atoms with Crippen LogP contribution >= 0.6 is 12.4 Å². The first-order valence-corrected chi connectivity index (χ1v) is 10.3. The van der Waals surface area contributed by atoms with Crippen molar-refractivity contribution >= 4 is 29.9 Å². The topological polar surface area (TPSA) is 131 Å². The molecule has 1 unspecified atom stereocenters. The fourth-order valence-corrected chi connectivity index (χ4v) is 3.45. The highest BCUT2D eigenvalue weighted by Crippen LogP contribution is 2.39. The number of rotatable bonds is 10. The van der Waals surface area contributed by atoms with Crippen LogP contribution in [0.15, 0.2) is 66.7 Å². The van der Waals surface area contributed by atoms with E-state index in [9.17, 15) is 15.0 Å². The standard InChI is InChI=1S/C25H27N3O4.ClH/c1-2-16-14-20(17-6-4-3-5-7-17)23(32-13-12-29)21(15-16)22(25(30)31)28-19-10-8-18(9-11-19)24(26)27;/h3-11,14-15,22,28-29H,2,12-13H2,1H3,(H3,26,27)(H,30,31);1H/p-1. The number of nitrogens with one attached hydrogen (secondary N) is 2. The Hall–Kier alpha value is -3.55. The molecule has 3 aromatic carbocycles. The SMILES string of the molecule is CCc1cc(-c2ccccc2)c(OCCO)c(C(Nc2ccc(C(=N)N)cc2)C(=O)[O-])c1.Cl. The Bertz CT molecular complexity index is 1090. The van der Waals surface area contributed by atoms with Gasteiger partial charge in [0.15, 0.2) is 0 Å². The molecule has 0 aliphatic carbocycles. The molecule has 0 aliphatic rings. The minimum Gasteiger partial charge on any atom is -0.548 e. The van der Waals surface area contributed by atoms with Crippen molar-refractivity contribution in [2.75, 3.05) is 18.5 Å². The molecule has 33 heavy (non-hydrogen) atoms. The largest absolute Gasteiger partial charge is 0.548 e. The molecule has 0 saturated carbocycles. The number of amidine groups is 1. The predicted molar refractivity (Wildman–Crippen MR) is 130 cm³/mol. The van der Waals surface area contributed by atoms with Crippen LogP contribution in [0, 0.1) is 5.41 Å². The molecule has 0 aliphatic heterocycles. The fraction of sp³-hybridized carbons (Fsp3) is 0.200. The lowest BCUT2D eigenvalue weighted by molar-refractivity contribution is -0.307. The van der Waals surface area contributed by atoms with Crippen LogP contribution in [-0.4, -0.2) is 30.1 Å². The van der Waals surface area contributed by atoms with Gasteiger partial charge in [0.25, 0.3) is 0 Å². The van der Waals surface area contributed by atoms with Gasteiger partial charge in [0.05, 0.1) is 18.6 Å². The number of aliphatic carboxylic acids is 1. The van der Waals surface area contributed by atoms with Crippen molar-refractivity contribution in [1.82, 2.24) is 0 Å². The summed E-state index contributed by atoms with van der Waals surface area (Å²) in [5.41, 5.74) is 9.53. The summed E-state index contributed by atoms with van der Waals surface area (Å²) in [4.78, 5) is 12.2. The molecular weight excluding hydrogens is 442 g/mol. The zero-order valence-electron chi connectivity index (χ0n) is 18.2. The maximum atomic E-state index is 12.2. The maximum Gasteiger partial charge on any atom is 0.132 e. The van der Waals surface area contributed by atoms with Crippen molar-refractivity contribution < 1.29 is 19.7 Å². The van der Waals surface area contributed by atoms with Crippen molar-refractivity contribution in [2.24, 2.45) is 5.73 Å². The average Bonchev–Trinajstić information content (AvgIpc) is 2.81. The molecule has 0 amide bonds. The van der Waals surface area contributed by atoms with Gasteiger partial charge in [-0.05, 0) is 53.9 Å². The van der Waals surface area contributed by atoms with Gasteiger partial charge < -0.3 is 30.8 Å². The first kappa shape index (κ1) is 25.7. The number of carbonyl (C=O) groups excluding carboxylic acids is 1. The van der Waals surface area contributed by atoms with Gasteiger partial charge in [0.1, 0.15) is 18.2 Å².